The van der Waals surface area contributed by atoms with Gasteiger partial charge in [0.2, 0.25) is 12.3 Å². The molecule has 0 saturated heterocycles. The normalized spacial score (nSPS) is 14.0. The average Bonchev–Trinajstić information content (AvgIpc) is 3.40. The molecule has 1 aliphatic rings. The highest BCUT2D eigenvalue weighted by Gasteiger charge is 2.28. The van der Waals surface area contributed by atoms with Gasteiger partial charge in [-0.25, -0.2) is 18.7 Å². The van der Waals surface area contributed by atoms with Crippen molar-refractivity contribution in [3.63, 3.8) is 0 Å². The molecule has 0 atom stereocenters. The van der Waals surface area contributed by atoms with Crippen LogP contribution in [0.1, 0.15) is 43.0 Å². The van der Waals surface area contributed by atoms with Crippen LogP contribution in [-0.4, -0.2) is 48.6 Å². The monoisotopic (exact) mass is 451 g/mol. The maximum absolute atomic E-state index is 14.0. The summed E-state index contributed by atoms with van der Waals surface area (Å²) in [5.41, 5.74) is 3.00. The first kappa shape index (κ1) is 21.2. The Morgan fingerprint density at radius 2 is 2.06 bits per heavy atom. The van der Waals surface area contributed by atoms with Crippen LogP contribution >= 0.6 is 0 Å². The van der Waals surface area contributed by atoms with E-state index < -0.39 is 5.92 Å². The van der Waals surface area contributed by atoms with Gasteiger partial charge in [0.15, 0.2) is 5.82 Å². The minimum atomic E-state index is -2.84. The molecule has 0 spiro atoms. The zero-order valence-electron chi connectivity index (χ0n) is 17.8. The third-order valence-electron chi connectivity index (χ3n) is 5.80. The number of pyridine rings is 2. The quantitative estimate of drug-likeness (QED) is 0.282. The predicted molar refractivity (Wildman–Crippen MR) is 118 cm³/mol. The molecule has 8 nitrogen and oxygen atoms in total. The summed E-state index contributed by atoms with van der Waals surface area (Å²) in [6, 6.07) is 7.59. The van der Waals surface area contributed by atoms with Crippen LogP contribution in [0, 0.1) is 0 Å². The predicted octanol–water partition coefficient (Wildman–Crippen LogP) is 3.79. The molecule has 0 bridgehead atoms. The summed E-state index contributed by atoms with van der Waals surface area (Å²) in [4.78, 5) is 23.8. The van der Waals surface area contributed by atoms with Crippen LogP contribution in [0.25, 0.3) is 28.2 Å². The summed E-state index contributed by atoms with van der Waals surface area (Å²) in [5, 5.41) is 10.4. The summed E-state index contributed by atoms with van der Waals surface area (Å²) in [7, 11) is 0. The largest absolute Gasteiger partial charge is 0.358 e. The zero-order chi connectivity index (χ0) is 22.8. The number of hydrogen-bond donors (Lipinski definition) is 2. The second kappa shape index (κ2) is 8.68. The van der Waals surface area contributed by atoms with Crippen molar-refractivity contribution in [1.82, 2.24) is 35.0 Å². The van der Waals surface area contributed by atoms with Crippen LogP contribution in [0.4, 0.5) is 8.78 Å². The highest BCUT2D eigenvalue weighted by Crippen LogP contribution is 2.38. The second-order valence-corrected chi connectivity index (χ2v) is 8.34. The smallest absolute Gasteiger partial charge is 0.250 e. The van der Waals surface area contributed by atoms with Gasteiger partial charge in [-0.2, -0.15) is 5.10 Å². The van der Waals surface area contributed by atoms with Crippen molar-refractivity contribution in [3.8, 4) is 17.2 Å². The Labute approximate surface area is 188 Å². The van der Waals surface area contributed by atoms with E-state index in [1.54, 1.807) is 12.4 Å². The molecule has 170 valence electrons. The molecule has 0 aromatic carbocycles. The maximum Gasteiger partial charge on any atom is 0.250 e. The number of fused-ring (bicyclic) bond motifs is 1. The number of amides is 1. The molecule has 5 rings (SSSR count). The van der Waals surface area contributed by atoms with Crippen molar-refractivity contribution in [1.29, 1.82) is 0 Å². The highest BCUT2D eigenvalue weighted by atomic mass is 19.3. The number of H-pyrrole nitrogens is 1. The van der Waals surface area contributed by atoms with Gasteiger partial charge in [-0.1, -0.05) is 0 Å². The number of carbonyl (C=O) groups excluding carboxylic acids is 1. The lowest BCUT2D eigenvalue weighted by Crippen LogP contribution is -2.24. The van der Waals surface area contributed by atoms with Gasteiger partial charge in [0.05, 0.1) is 11.9 Å². The maximum atomic E-state index is 14.0. The number of rotatable bonds is 10. The summed E-state index contributed by atoms with van der Waals surface area (Å²) in [5.74, 6) is -0.837. The summed E-state index contributed by atoms with van der Waals surface area (Å²) >= 11 is 0. The molecule has 1 amide bonds. The fourth-order valence-corrected chi connectivity index (χ4v) is 3.77. The lowest BCUT2D eigenvalue weighted by atomic mass is 10.0. The Morgan fingerprint density at radius 1 is 1.18 bits per heavy atom. The third kappa shape index (κ3) is 4.74. The van der Waals surface area contributed by atoms with Gasteiger partial charge in [0.25, 0.3) is 0 Å². The van der Waals surface area contributed by atoms with Crippen molar-refractivity contribution < 1.29 is 13.6 Å². The van der Waals surface area contributed by atoms with Crippen LogP contribution in [0.15, 0.2) is 42.9 Å². The van der Waals surface area contributed by atoms with E-state index in [2.05, 4.69) is 30.5 Å². The molecule has 1 aliphatic carbocycles. The zero-order valence-corrected chi connectivity index (χ0v) is 17.8. The van der Waals surface area contributed by atoms with Crippen molar-refractivity contribution in [2.75, 3.05) is 6.54 Å². The van der Waals surface area contributed by atoms with E-state index in [4.69, 9.17) is 0 Å². The molecule has 33 heavy (non-hydrogen) atoms. The van der Waals surface area contributed by atoms with E-state index in [1.165, 1.54) is 0 Å². The molecule has 0 unspecified atom stereocenters. The Hall–Kier alpha value is -3.69. The Bertz CT molecular complexity index is 1260. The van der Waals surface area contributed by atoms with Gasteiger partial charge >= 0.3 is 0 Å². The van der Waals surface area contributed by atoms with Crippen molar-refractivity contribution >= 4 is 17.4 Å². The van der Waals surface area contributed by atoms with Crippen molar-refractivity contribution in [2.45, 2.75) is 43.9 Å². The van der Waals surface area contributed by atoms with E-state index in [-0.39, 0.29) is 25.8 Å². The van der Waals surface area contributed by atoms with Crippen molar-refractivity contribution in [2.24, 2.45) is 0 Å². The van der Waals surface area contributed by atoms with E-state index in [0.717, 1.165) is 41.0 Å². The first-order chi connectivity index (χ1) is 16.0. The van der Waals surface area contributed by atoms with Crippen LogP contribution in [0.2, 0.25) is 0 Å². The number of aromatic amines is 1. The summed E-state index contributed by atoms with van der Waals surface area (Å²) in [6.45, 7) is -0.0403. The molecule has 4 heterocycles. The van der Waals surface area contributed by atoms with Crippen LogP contribution in [0.5, 0.6) is 0 Å². The molecular formula is C23H23F2N7O. The molecule has 1 fully saturated rings. The fraction of sp³-hybridized carbons (Fsp3) is 0.348. The number of aromatic nitrogens is 6. The van der Waals surface area contributed by atoms with Gasteiger partial charge in [0, 0.05) is 43.1 Å². The first-order valence-electron chi connectivity index (χ1n) is 10.9. The lowest BCUT2D eigenvalue weighted by Gasteiger charge is -2.15. The molecule has 0 radical (unpaired) electrons. The van der Waals surface area contributed by atoms with Gasteiger partial charge < -0.3 is 5.32 Å². The molecule has 2 N–H and O–H groups in total. The second-order valence-electron chi connectivity index (χ2n) is 8.34. The van der Waals surface area contributed by atoms with Gasteiger partial charge in [-0.05, 0) is 49.1 Å². The number of nitrogens with one attached hydrogen (secondary N) is 2. The highest BCUT2D eigenvalue weighted by molar-refractivity contribution is 5.78. The van der Waals surface area contributed by atoms with E-state index in [0.29, 0.717) is 23.8 Å². The first-order valence-corrected chi connectivity index (χ1v) is 10.9. The lowest BCUT2D eigenvalue weighted by molar-refractivity contribution is -0.109. The number of aryl methyl sites for hydroxylation is 1. The van der Waals surface area contributed by atoms with Crippen molar-refractivity contribution in [3.05, 3.63) is 54.2 Å². The molecular weight excluding hydrogens is 428 g/mol. The third-order valence-corrected chi connectivity index (χ3v) is 5.80. The van der Waals surface area contributed by atoms with E-state index >= 15 is 0 Å². The fourth-order valence-electron chi connectivity index (χ4n) is 3.77. The molecule has 0 aliphatic heterocycles. The minimum Gasteiger partial charge on any atom is -0.358 e. The Kier molecular flexibility index (Phi) is 5.57. The summed E-state index contributed by atoms with van der Waals surface area (Å²) < 4.78 is 29.9. The number of hydrogen-bond acceptors (Lipinski definition) is 5. The number of halogens is 2. The molecule has 10 heteroatoms. The topological polar surface area (TPSA) is 101 Å². The molecule has 4 aromatic rings. The minimum absolute atomic E-state index is 0.0403. The molecule has 1 saturated carbocycles. The standard InChI is InChI=1S/C23H23F2N7O/c24-23(25,8-9-26-14-33)7-5-15-11-17-6-10-32(22(17)28-12-15)18-3-4-19(27-13-18)21-29-20(30-31-21)16-1-2-16/h3-4,6,10-14,16H,1-2,5,7-9H2,(H,26,33)(H,29,30,31). The number of alkyl halides is 2. The number of carbonyl (C=O) groups is 1. The SMILES string of the molecule is O=CNCCC(F)(F)CCc1cnc2c(ccn2-c2ccc(-c3n[nH]c(C4CC4)n3)nc2)c1. The number of nitrogens with zero attached hydrogens (tertiary/aromatic N) is 5. The van der Waals surface area contributed by atoms with Gasteiger partial charge in [-0.15, -0.1) is 0 Å². The average molecular weight is 451 g/mol. The van der Waals surface area contributed by atoms with Gasteiger partial charge in [0.1, 0.15) is 17.2 Å². The van der Waals surface area contributed by atoms with Crippen LogP contribution < -0.4 is 5.32 Å². The summed E-state index contributed by atoms with van der Waals surface area (Å²) in [6.07, 6.45) is 7.52. The Morgan fingerprint density at radius 3 is 2.82 bits per heavy atom. The van der Waals surface area contributed by atoms with Crippen LogP contribution in [-0.2, 0) is 11.2 Å². The van der Waals surface area contributed by atoms with E-state index in [1.807, 2.05) is 35.0 Å². The van der Waals surface area contributed by atoms with Crippen LogP contribution in [0.3, 0.4) is 0 Å². The van der Waals surface area contributed by atoms with Gasteiger partial charge in [-0.3, -0.25) is 19.4 Å². The molecule has 4 aromatic heterocycles. The van der Waals surface area contributed by atoms with E-state index in [9.17, 15) is 13.6 Å². The Balaban J connectivity index is 1.28.